The van der Waals surface area contributed by atoms with Crippen molar-refractivity contribution in [3.8, 4) is 11.3 Å². The standard InChI is InChI=1S/C21H20F2N4/c1-27-9-8-16(13-2-4-15(22)5-3-13)17-11-19(23)18(10-14(17)12-27)20-6-7-21(24)26-25-20/h2-7,10-11,16H,8-9,12H2,1H3,(H2,24,26). The Hall–Kier alpha value is -2.86. The van der Waals surface area contributed by atoms with Gasteiger partial charge in [-0.3, -0.25) is 0 Å². The quantitative estimate of drug-likeness (QED) is 0.746. The zero-order chi connectivity index (χ0) is 19.0. The Morgan fingerprint density at radius 3 is 2.52 bits per heavy atom. The number of anilines is 1. The highest BCUT2D eigenvalue weighted by molar-refractivity contribution is 5.63. The predicted molar refractivity (Wildman–Crippen MR) is 101 cm³/mol. The molecule has 2 heterocycles. The van der Waals surface area contributed by atoms with E-state index in [1.807, 2.05) is 13.1 Å². The molecule has 0 saturated heterocycles. The van der Waals surface area contributed by atoms with Crippen molar-refractivity contribution in [2.24, 2.45) is 0 Å². The molecule has 0 bridgehead atoms. The van der Waals surface area contributed by atoms with Crippen molar-refractivity contribution in [1.82, 2.24) is 15.1 Å². The molecule has 0 amide bonds. The summed E-state index contributed by atoms with van der Waals surface area (Å²) in [5.74, 6) is -0.297. The lowest BCUT2D eigenvalue weighted by molar-refractivity contribution is 0.328. The first-order chi connectivity index (χ1) is 13.0. The second-order valence-electron chi connectivity index (χ2n) is 7.00. The summed E-state index contributed by atoms with van der Waals surface area (Å²) < 4.78 is 28.3. The second kappa shape index (κ2) is 7.04. The number of hydrogen-bond donors (Lipinski definition) is 1. The van der Waals surface area contributed by atoms with Gasteiger partial charge in [0.1, 0.15) is 17.5 Å². The van der Waals surface area contributed by atoms with Crippen LogP contribution in [0.15, 0.2) is 48.5 Å². The van der Waals surface area contributed by atoms with Crippen molar-refractivity contribution in [3.05, 3.63) is 76.9 Å². The maximum absolute atomic E-state index is 15.0. The molecule has 0 saturated carbocycles. The number of benzene rings is 2. The third-order valence-electron chi connectivity index (χ3n) is 5.08. The lowest BCUT2D eigenvalue weighted by Crippen LogP contribution is -2.17. The smallest absolute Gasteiger partial charge is 0.146 e. The van der Waals surface area contributed by atoms with Crippen molar-refractivity contribution in [2.75, 3.05) is 19.3 Å². The van der Waals surface area contributed by atoms with E-state index >= 15 is 0 Å². The Labute approximate surface area is 156 Å². The van der Waals surface area contributed by atoms with Gasteiger partial charge in [-0.05, 0) is 73.1 Å². The van der Waals surface area contributed by atoms with E-state index in [0.717, 1.165) is 29.7 Å². The van der Waals surface area contributed by atoms with E-state index in [-0.39, 0.29) is 17.6 Å². The largest absolute Gasteiger partial charge is 0.382 e. The van der Waals surface area contributed by atoms with Gasteiger partial charge in [0.05, 0.1) is 5.69 Å². The van der Waals surface area contributed by atoms with E-state index in [1.54, 1.807) is 30.3 Å². The van der Waals surface area contributed by atoms with Crippen LogP contribution in [-0.2, 0) is 6.54 Å². The second-order valence-corrected chi connectivity index (χ2v) is 7.00. The lowest BCUT2D eigenvalue weighted by atomic mass is 9.85. The van der Waals surface area contributed by atoms with Gasteiger partial charge in [0.25, 0.3) is 0 Å². The topological polar surface area (TPSA) is 55.0 Å². The third-order valence-corrected chi connectivity index (χ3v) is 5.08. The predicted octanol–water partition coefficient (Wildman–Crippen LogP) is 3.97. The molecule has 1 aromatic heterocycles. The van der Waals surface area contributed by atoms with Gasteiger partial charge in [0.2, 0.25) is 0 Å². The first kappa shape index (κ1) is 17.5. The Bertz CT molecular complexity index is 955. The first-order valence-corrected chi connectivity index (χ1v) is 8.87. The molecule has 1 unspecified atom stereocenters. The SMILES string of the molecule is CN1CCC(c2ccc(F)cc2)c2cc(F)c(-c3ccc(N)nn3)cc2C1. The Kier molecular flexibility index (Phi) is 4.58. The van der Waals surface area contributed by atoms with Gasteiger partial charge in [-0.15, -0.1) is 10.2 Å². The van der Waals surface area contributed by atoms with E-state index in [2.05, 4.69) is 15.1 Å². The van der Waals surface area contributed by atoms with Gasteiger partial charge in [-0.2, -0.15) is 0 Å². The fourth-order valence-corrected chi connectivity index (χ4v) is 3.69. The highest BCUT2D eigenvalue weighted by atomic mass is 19.1. The van der Waals surface area contributed by atoms with Gasteiger partial charge in [0.15, 0.2) is 0 Å². The molecule has 138 valence electrons. The summed E-state index contributed by atoms with van der Waals surface area (Å²) in [6.45, 7) is 1.58. The van der Waals surface area contributed by atoms with E-state index in [1.165, 1.54) is 12.1 Å². The molecule has 3 aromatic rings. The molecular weight excluding hydrogens is 346 g/mol. The van der Waals surface area contributed by atoms with Crippen LogP contribution >= 0.6 is 0 Å². The molecule has 4 nitrogen and oxygen atoms in total. The molecule has 0 fully saturated rings. The van der Waals surface area contributed by atoms with Crippen LogP contribution in [0.1, 0.15) is 29.0 Å². The van der Waals surface area contributed by atoms with Crippen molar-refractivity contribution < 1.29 is 8.78 Å². The van der Waals surface area contributed by atoms with Crippen LogP contribution in [0.4, 0.5) is 14.6 Å². The number of nitrogens with zero attached hydrogens (tertiary/aromatic N) is 3. The van der Waals surface area contributed by atoms with E-state index in [4.69, 9.17) is 5.73 Å². The lowest BCUT2D eigenvalue weighted by Gasteiger charge is -2.19. The van der Waals surface area contributed by atoms with Gasteiger partial charge in [0, 0.05) is 18.0 Å². The fourth-order valence-electron chi connectivity index (χ4n) is 3.69. The fraction of sp³-hybridized carbons (Fsp3) is 0.238. The molecule has 0 radical (unpaired) electrons. The number of aromatic nitrogens is 2. The van der Waals surface area contributed by atoms with Crippen molar-refractivity contribution >= 4 is 5.82 Å². The molecule has 2 aromatic carbocycles. The van der Waals surface area contributed by atoms with Gasteiger partial charge < -0.3 is 10.6 Å². The molecular formula is C21H20F2N4. The van der Waals surface area contributed by atoms with E-state index < -0.39 is 0 Å². The molecule has 1 atom stereocenters. The molecule has 2 N–H and O–H groups in total. The monoisotopic (exact) mass is 366 g/mol. The third kappa shape index (κ3) is 3.53. The maximum atomic E-state index is 15.0. The van der Waals surface area contributed by atoms with Crippen LogP contribution in [0.5, 0.6) is 0 Å². The van der Waals surface area contributed by atoms with Gasteiger partial charge in [-0.25, -0.2) is 8.78 Å². The Morgan fingerprint density at radius 2 is 1.81 bits per heavy atom. The van der Waals surface area contributed by atoms with Crippen molar-refractivity contribution in [3.63, 3.8) is 0 Å². The Balaban J connectivity index is 1.82. The van der Waals surface area contributed by atoms with Crippen molar-refractivity contribution in [1.29, 1.82) is 0 Å². The number of nitrogen functional groups attached to an aromatic ring is 1. The molecule has 0 aliphatic carbocycles. The summed E-state index contributed by atoms with van der Waals surface area (Å²) in [5.41, 5.74) is 9.42. The summed E-state index contributed by atoms with van der Waals surface area (Å²) in [6, 6.07) is 13.2. The zero-order valence-electron chi connectivity index (χ0n) is 15.0. The Morgan fingerprint density at radius 1 is 1.04 bits per heavy atom. The maximum Gasteiger partial charge on any atom is 0.146 e. The highest BCUT2D eigenvalue weighted by Gasteiger charge is 2.25. The minimum atomic E-state index is -0.343. The average Bonchev–Trinajstić information content (AvgIpc) is 2.81. The minimum absolute atomic E-state index is 0.0200. The number of hydrogen-bond acceptors (Lipinski definition) is 4. The molecule has 4 rings (SSSR count). The summed E-state index contributed by atoms with van der Waals surface area (Å²) >= 11 is 0. The molecule has 0 spiro atoms. The summed E-state index contributed by atoms with van der Waals surface area (Å²) in [4.78, 5) is 2.21. The minimum Gasteiger partial charge on any atom is -0.382 e. The summed E-state index contributed by atoms with van der Waals surface area (Å²) in [6.07, 6.45) is 0.843. The normalized spacial score (nSPS) is 17.4. The number of nitrogens with two attached hydrogens (primary N) is 1. The van der Waals surface area contributed by atoms with E-state index in [0.29, 0.717) is 23.6 Å². The van der Waals surface area contributed by atoms with Crippen LogP contribution in [-0.4, -0.2) is 28.7 Å². The van der Waals surface area contributed by atoms with Crippen LogP contribution in [0.2, 0.25) is 0 Å². The number of halogens is 2. The molecule has 1 aliphatic rings. The van der Waals surface area contributed by atoms with Gasteiger partial charge >= 0.3 is 0 Å². The average molecular weight is 366 g/mol. The summed E-state index contributed by atoms with van der Waals surface area (Å²) in [5, 5.41) is 7.85. The summed E-state index contributed by atoms with van der Waals surface area (Å²) in [7, 11) is 2.04. The van der Waals surface area contributed by atoms with Crippen LogP contribution in [0.3, 0.4) is 0 Å². The molecule has 27 heavy (non-hydrogen) atoms. The van der Waals surface area contributed by atoms with Crippen LogP contribution in [0.25, 0.3) is 11.3 Å². The molecule has 1 aliphatic heterocycles. The van der Waals surface area contributed by atoms with Crippen LogP contribution in [0, 0.1) is 11.6 Å². The number of fused-ring (bicyclic) bond motifs is 1. The highest BCUT2D eigenvalue weighted by Crippen LogP contribution is 2.37. The molecule has 6 heteroatoms. The van der Waals surface area contributed by atoms with E-state index in [9.17, 15) is 8.78 Å². The van der Waals surface area contributed by atoms with Crippen LogP contribution < -0.4 is 5.73 Å². The zero-order valence-corrected chi connectivity index (χ0v) is 15.0. The number of rotatable bonds is 2. The van der Waals surface area contributed by atoms with Crippen molar-refractivity contribution in [2.45, 2.75) is 18.9 Å². The van der Waals surface area contributed by atoms with Gasteiger partial charge in [-0.1, -0.05) is 12.1 Å². The first-order valence-electron chi connectivity index (χ1n) is 8.87.